The predicted octanol–water partition coefficient (Wildman–Crippen LogP) is 3.78. The Kier molecular flexibility index (Phi) is 5.00. The number of ether oxygens (including phenoxy) is 1. The van der Waals surface area contributed by atoms with Gasteiger partial charge in [0, 0.05) is 19.2 Å². The van der Waals surface area contributed by atoms with Crippen LogP contribution in [0.1, 0.15) is 30.0 Å². The second kappa shape index (κ2) is 7.59. The molecule has 2 aromatic carbocycles. The third-order valence-electron chi connectivity index (χ3n) is 4.98. The highest BCUT2D eigenvalue weighted by Gasteiger charge is 2.21. The third kappa shape index (κ3) is 3.71. The van der Waals surface area contributed by atoms with E-state index in [4.69, 9.17) is 4.74 Å². The number of amides is 2. The van der Waals surface area contributed by atoms with Gasteiger partial charge in [0.15, 0.2) is 6.61 Å². The molecule has 3 aromatic rings. The minimum absolute atomic E-state index is 0.0295. The summed E-state index contributed by atoms with van der Waals surface area (Å²) in [6.45, 7) is 1.92. The summed E-state index contributed by atoms with van der Waals surface area (Å²) in [5.74, 6) is 0.545. The Labute approximate surface area is 167 Å². The summed E-state index contributed by atoms with van der Waals surface area (Å²) < 4.78 is 6.82. The van der Waals surface area contributed by atoms with Gasteiger partial charge in [-0.25, -0.2) is 4.98 Å². The van der Waals surface area contributed by atoms with Gasteiger partial charge in [0.25, 0.3) is 5.91 Å². The molecule has 0 bridgehead atoms. The lowest BCUT2D eigenvalue weighted by molar-refractivity contribution is -0.134. The monoisotopic (exact) mass is 395 g/mol. The highest BCUT2D eigenvalue weighted by molar-refractivity contribution is 7.18. The van der Waals surface area contributed by atoms with Crippen molar-refractivity contribution in [1.29, 1.82) is 0 Å². The number of fused-ring (bicyclic) bond motifs is 2. The van der Waals surface area contributed by atoms with Crippen molar-refractivity contribution in [2.45, 2.75) is 25.8 Å². The van der Waals surface area contributed by atoms with Crippen LogP contribution in [0.15, 0.2) is 42.5 Å². The van der Waals surface area contributed by atoms with Crippen LogP contribution in [0.2, 0.25) is 0 Å². The summed E-state index contributed by atoms with van der Waals surface area (Å²) in [6, 6.07) is 13.3. The lowest BCUT2D eigenvalue weighted by Crippen LogP contribution is -2.33. The minimum atomic E-state index is -0.132. The largest absolute Gasteiger partial charge is 0.484 e. The number of rotatable bonds is 5. The molecule has 1 aliphatic rings. The van der Waals surface area contributed by atoms with Gasteiger partial charge in [0.05, 0.1) is 16.3 Å². The number of likely N-dealkylation sites (N-methyl/N-ethyl adjacent to an activating group) is 1. The molecule has 0 radical (unpaired) electrons. The molecule has 1 N–H and O–H groups in total. The summed E-state index contributed by atoms with van der Waals surface area (Å²) >= 11 is 1.60. The summed E-state index contributed by atoms with van der Waals surface area (Å²) in [5, 5.41) is 3.74. The molecule has 1 aliphatic heterocycles. The molecule has 0 saturated carbocycles. The number of para-hydroxylation sites is 1. The Morgan fingerprint density at radius 2 is 2.11 bits per heavy atom. The first-order valence-electron chi connectivity index (χ1n) is 9.18. The highest BCUT2D eigenvalue weighted by atomic mass is 32.1. The summed E-state index contributed by atoms with van der Waals surface area (Å²) in [7, 11) is 1.77. The second-order valence-corrected chi connectivity index (χ2v) is 7.92. The first kappa shape index (κ1) is 18.4. The van der Waals surface area contributed by atoms with E-state index in [1.54, 1.807) is 29.4 Å². The number of hydrogen-bond donors (Lipinski definition) is 1. The Morgan fingerprint density at radius 1 is 1.29 bits per heavy atom. The van der Waals surface area contributed by atoms with Crippen molar-refractivity contribution < 1.29 is 14.3 Å². The summed E-state index contributed by atoms with van der Waals surface area (Å²) in [4.78, 5) is 30.3. The minimum Gasteiger partial charge on any atom is -0.484 e. The van der Waals surface area contributed by atoms with Crippen LogP contribution in [0.25, 0.3) is 10.2 Å². The number of hydrogen-bond acceptors (Lipinski definition) is 5. The molecule has 1 unspecified atom stereocenters. The van der Waals surface area contributed by atoms with Gasteiger partial charge < -0.3 is 15.0 Å². The molecule has 0 spiro atoms. The van der Waals surface area contributed by atoms with E-state index in [1.165, 1.54) is 0 Å². The molecule has 7 heteroatoms. The average molecular weight is 395 g/mol. The van der Waals surface area contributed by atoms with Crippen LogP contribution in [-0.4, -0.2) is 35.4 Å². The lowest BCUT2D eigenvalue weighted by Gasteiger charge is -2.23. The van der Waals surface area contributed by atoms with E-state index in [-0.39, 0.29) is 24.5 Å². The number of carbonyl (C=O) groups is 2. The van der Waals surface area contributed by atoms with Crippen LogP contribution in [0.4, 0.5) is 5.69 Å². The third-order valence-corrected chi connectivity index (χ3v) is 6.18. The Bertz CT molecular complexity index is 1010. The zero-order valence-electron chi connectivity index (χ0n) is 15.8. The van der Waals surface area contributed by atoms with Gasteiger partial charge in [-0.1, -0.05) is 12.1 Å². The number of carbonyl (C=O) groups excluding carboxylic acids is 2. The van der Waals surface area contributed by atoms with E-state index in [0.29, 0.717) is 18.6 Å². The van der Waals surface area contributed by atoms with E-state index >= 15 is 0 Å². The Hall–Kier alpha value is -2.93. The van der Waals surface area contributed by atoms with E-state index in [9.17, 15) is 9.59 Å². The first-order valence-corrected chi connectivity index (χ1v) is 9.99. The SMILES string of the molecule is CC(c1nc2ccccc2s1)N(C)C(=O)COc1ccc2c(c1)CCC(=O)N2. The van der Waals surface area contributed by atoms with Gasteiger partial charge in [-0.05, 0) is 49.2 Å². The van der Waals surface area contributed by atoms with Gasteiger partial charge in [-0.3, -0.25) is 9.59 Å². The molecule has 6 nitrogen and oxygen atoms in total. The summed E-state index contributed by atoms with van der Waals surface area (Å²) in [6.07, 6.45) is 1.15. The van der Waals surface area contributed by atoms with Gasteiger partial charge in [-0.15, -0.1) is 11.3 Å². The number of nitrogens with zero attached hydrogens (tertiary/aromatic N) is 2. The number of aromatic nitrogens is 1. The molecular formula is C21H21N3O3S. The van der Waals surface area contributed by atoms with Crippen molar-refractivity contribution in [2.75, 3.05) is 19.0 Å². The van der Waals surface area contributed by atoms with Crippen molar-refractivity contribution in [2.24, 2.45) is 0 Å². The maximum Gasteiger partial charge on any atom is 0.260 e. The van der Waals surface area contributed by atoms with Crippen LogP contribution in [-0.2, 0) is 16.0 Å². The Balaban J connectivity index is 1.39. The number of aryl methyl sites for hydroxylation is 1. The lowest BCUT2D eigenvalue weighted by atomic mass is 10.0. The molecule has 144 valence electrons. The van der Waals surface area contributed by atoms with Gasteiger partial charge in [0.2, 0.25) is 5.91 Å². The first-order chi connectivity index (χ1) is 13.5. The molecular weight excluding hydrogens is 374 g/mol. The molecule has 1 atom stereocenters. The fourth-order valence-corrected chi connectivity index (χ4v) is 4.21. The van der Waals surface area contributed by atoms with Crippen LogP contribution >= 0.6 is 11.3 Å². The standard InChI is InChI=1S/C21H21N3O3S/c1-13(21-23-17-5-3-4-6-18(17)28-21)24(2)20(26)12-27-15-8-9-16-14(11-15)7-10-19(25)22-16/h3-6,8-9,11,13H,7,10,12H2,1-2H3,(H,22,25). The number of nitrogens with one attached hydrogen (secondary N) is 1. The zero-order chi connectivity index (χ0) is 19.7. The summed E-state index contributed by atoms with van der Waals surface area (Å²) in [5.41, 5.74) is 2.80. The van der Waals surface area contributed by atoms with Crippen LogP contribution < -0.4 is 10.1 Å². The maximum absolute atomic E-state index is 12.6. The van der Waals surface area contributed by atoms with Crippen molar-refractivity contribution >= 4 is 39.1 Å². The van der Waals surface area contributed by atoms with E-state index < -0.39 is 0 Å². The average Bonchev–Trinajstić information content (AvgIpc) is 3.15. The molecule has 2 heterocycles. The smallest absolute Gasteiger partial charge is 0.260 e. The highest BCUT2D eigenvalue weighted by Crippen LogP contribution is 2.29. The molecule has 0 fully saturated rings. The molecule has 4 rings (SSSR count). The molecule has 0 saturated heterocycles. The molecule has 1 aromatic heterocycles. The van der Waals surface area contributed by atoms with Crippen molar-refractivity contribution in [3.63, 3.8) is 0 Å². The topological polar surface area (TPSA) is 71.5 Å². The number of anilines is 1. The van der Waals surface area contributed by atoms with E-state index in [0.717, 1.165) is 26.5 Å². The zero-order valence-corrected chi connectivity index (χ0v) is 16.6. The Morgan fingerprint density at radius 3 is 2.93 bits per heavy atom. The van der Waals surface area contributed by atoms with Gasteiger partial charge in [0.1, 0.15) is 10.8 Å². The number of benzene rings is 2. The molecule has 0 aliphatic carbocycles. The fourth-order valence-electron chi connectivity index (χ4n) is 3.15. The van der Waals surface area contributed by atoms with Gasteiger partial charge >= 0.3 is 0 Å². The fraction of sp³-hybridized carbons (Fsp3) is 0.286. The van der Waals surface area contributed by atoms with Crippen molar-refractivity contribution in [1.82, 2.24) is 9.88 Å². The van der Waals surface area contributed by atoms with Crippen LogP contribution in [0.3, 0.4) is 0 Å². The molecule has 2 amide bonds. The van der Waals surface area contributed by atoms with Crippen molar-refractivity contribution in [3.8, 4) is 5.75 Å². The van der Waals surface area contributed by atoms with Gasteiger partial charge in [-0.2, -0.15) is 0 Å². The van der Waals surface area contributed by atoms with Crippen LogP contribution in [0, 0.1) is 0 Å². The maximum atomic E-state index is 12.6. The normalized spacial score (nSPS) is 14.3. The quantitative estimate of drug-likeness (QED) is 0.714. The number of thiazole rings is 1. The second-order valence-electron chi connectivity index (χ2n) is 6.86. The molecule has 28 heavy (non-hydrogen) atoms. The van der Waals surface area contributed by atoms with Crippen molar-refractivity contribution in [3.05, 3.63) is 53.0 Å². The predicted molar refractivity (Wildman–Crippen MR) is 110 cm³/mol. The van der Waals surface area contributed by atoms with E-state index in [2.05, 4.69) is 10.3 Å². The van der Waals surface area contributed by atoms with Crippen LogP contribution in [0.5, 0.6) is 5.75 Å². The van der Waals surface area contributed by atoms with E-state index in [1.807, 2.05) is 43.3 Å².